The van der Waals surface area contributed by atoms with Crippen LogP contribution in [0.2, 0.25) is 0 Å². The number of aromatic nitrogens is 2. The fourth-order valence-corrected chi connectivity index (χ4v) is 4.56. The van der Waals surface area contributed by atoms with Crippen LogP contribution in [-0.4, -0.2) is 27.8 Å². The summed E-state index contributed by atoms with van der Waals surface area (Å²) in [7, 11) is 0. The molecule has 1 aliphatic heterocycles. The van der Waals surface area contributed by atoms with Gasteiger partial charge in [0.15, 0.2) is 0 Å². The van der Waals surface area contributed by atoms with E-state index in [4.69, 9.17) is 14.0 Å². The van der Waals surface area contributed by atoms with E-state index in [1.54, 1.807) is 12.1 Å². The van der Waals surface area contributed by atoms with Gasteiger partial charge in [-0.3, -0.25) is 4.79 Å². The third kappa shape index (κ3) is 3.66. The lowest BCUT2D eigenvalue weighted by molar-refractivity contribution is -0.149. The summed E-state index contributed by atoms with van der Waals surface area (Å²) in [6.45, 7) is 6.38. The number of H-pyrrole nitrogens is 1. The Hall–Kier alpha value is -3.31. The largest absolute Gasteiger partial charge is 0.487 e. The van der Waals surface area contributed by atoms with E-state index in [0.717, 1.165) is 34.1 Å². The lowest BCUT2D eigenvalue weighted by atomic mass is 9.84. The number of nitrogens with one attached hydrogen (secondary N) is 1. The number of fused-ring (bicyclic) bond motifs is 3. The van der Waals surface area contributed by atoms with Crippen LogP contribution >= 0.6 is 0 Å². The van der Waals surface area contributed by atoms with Crippen molar-refractivity contribution >= 4 is 16.9 Å². The zero-order chi connectivity index (χ0) is 22.2. The molecule has 1 atom stereocenters. The SMILES string of the molecule is CCCC1(CC(=O)O)OCCc2c1[nH]c1c(C)c(OCc3cc(C)on3)cc(C#N)c21. The monoisotopic (exact) mass is 423 g/mol. The summed E-state index contributed by atoms with van der Waals surface area (Å²) < 4.78 is 17.1. The average Bonchev–Trinajstić information content (AvgIpc) is 3.32. The number of hydrogen-bond acceptors (Lipinski definition) is 6. The highest BCUT2D eigenvalue weighted by Crippen LogP contribution is 2.45. The summed E-state index contributed by atoms with van der Waals surface area (Å²) >= 11 is 0. The summed E-state index contributed by atoms with van der Waals surface area (Å²) in [5.41, 5.74) is 3.60. The van der Waals surface area contributed by atoms with E-state index in [0.29, 0.717) is 42.2 Å². The molecule has 1 aliphatic rings. The minimum atomic E-state index is -0.925. The minimum Gasteiger partial charge on any atom is -0.487 e. The first-order chi connectivity index (χ1) is 14.9. The first-order valence-electron chi connectivity index (χ1n) is 10.4. The number of carbonyl (C=O) groups is 1. The zero-order valence-corrected chi connectivity index (χ0v) is 17.9. The van der Waals surface area contributed by atoms with E-state index in [2.05, 4.69) is 16.2 Å². The first-order valence-corrected chi connectivity index (χ1v) is 10.4. The van der Waals surface area contributed by atoms with Gasteiger partial charge in [0.05, 0.1) is 35.9 Å². The quantitative estimate of drug-likeness (QED) is 0.582. The van der Waals surface area contributed by atoms with Gasteiger partial charge in [0.1, 0.15) is 29.4 Å². The molecule has 3 heterocycles. The number of carboxylic acids is 1. The maximum absolute atomic E-state index is 11.7. The van der Waals surface area contributed by atoms with Crippen LogP contribution in [0.15, 0.2) is 16.7 Å². The van der Waals surface area contributed by atoms with Gasteiger partial charge in [-0.05, 0) is 38.3 Å². The van der Waals surface area contributed by atoms with Gasteiger partial charge in [0.2, 0.25) is 0 Å². The Balaban J connectivity index is 1.83. The van der Waals surface area contributed by atoms with Crippen molar-refractivity contribution in [3.63, 3.8) is 0 Å². The fourth-order valence-electron chi connectivity index (χ4n) is 4.56. The second-order valence-electron chi connectivity index (χ2n) is 8.02. The van der Waals surface area contributed by atoms with Crippen molar-refractivity contribution in [2.45, 2.75) is 58.7 Å². The summed E-state index contributed by atoms with van der Waals surface area (Å²) in [4.78, 5) is 15.1. The van der Waals surface area contributed by atoms with E-state index in [9.17, 15) is 15.2 Å². The third-order valence-electron chi connectivity index (χ3n) is 5.84. The van der Waals surface area contributed by atoms with Crippen LogP contribution in [0, 0.1) is 25.2 Å². The van der Waals surface area contributed by atoms with E-state index < -0.39 is 11.6 Å². The van der Waals surface area contributed by atoms with Gasteiger partial charge in [-0.15, -0.1) is 0 Å². The average molecular weight is 423 g/mol. The van der Waals surface area contributed by atoms with E-state index in [1.807, 2.05) is 20.8 Å². The highest BCUT2D eigenvalue weighted by molar-refractivity contribution is 5.94. The molecule has 0 bridgehead atoms. The van der Waals surface area contributed by atoms with Crippen LogP contribution in [-0.2, 0) is 28.2 Å². The van der Waals surface area contributed by atoms with E-state index in [-0.39, 0.29) is 13.0 Å². The van der Waals surface area contributed by atoms with Crippen molar-refractivity contribution in [2.75, 3.05) is 6.61 Å². The third-order valence-corrected chi connectivity index (χ3v) is 5.84. The van der Waals surface area contributed by atoms with Gasteiger partial charge in [-0.1, -0.05) is 18.5 Å². The van der Waals surface area contributed by atoms with Gasteiger partial charge < -0.3 is 24.1 Å². The molecule has 2 N–H and O–H groups in total. The van der Waals surface area contributed by atoms with Gasteiger partial charge in [0, 0.05) is 17.0 Å². The second-order valence-corrected chi connectivity index (χ2v) is 8.02. The van der Waals surface area contributed by atoms with Crippen molar-refractivity contribution in [2.24, 2.45) is 0 Å². The van der Waals surface area contributed by atoms with Crippen molar-refractivity contribution in [3.05, 3.63) is 46.0 Å². The molecule has 0 saturated heterocycles. The molecule has 0 spiro atoms. The maximum atomic E-state index is 11.7. The number of benzene rings is 1. The fraction of sp³-hybridized carbons (Fsp3) is 0.435. The molecule has 0 amide bonds. The Kier molecular flexibility index (Phi) is 5.46. The van der Waals surface area contributed by atoms with Crippen LogP contribution < -0.4 is 4.74 Å². The summed E-state index contributed by atoms with van der Waals surface area (Å²) in [6, 6.07) is 5.83. The Morgan fingerprint density at radius 3 is 2.87 bits per heavy atom. The Morgan fingerprint density at radius 1 is 1.42 bits per heavy atom. The number of nitrogens with zero attached hydrogens (tertiary/aromatic N) is 2. The highest BCUT2D eigenvalue weighted by atomic mass is 16.5. The Morgan fingerprint density at radius 2 is 2.23 bits per heavy atom. The number of hydrogen-bond donors (Lipinski definition) is 2. The van der Waals surface area contributed by atoms with Crippen LogP contribution in [0.25, 0.3) is 10.9 Å². The van der Waals surface area contributed by atoms with Crippen molar-refractivity contribution in [1.29, 1.82) is 5.26 Å². The summed E-state index contributed by atoms with van der Waals surface area (Å²) in [5, 5.41) is 24.2. The first kappa shape index (κ1) is 20.9. The molecule has 2 aromatic heterocycles. The number of ether oxygens (including phenoxy) is 2. The molecule has 0 fully saturated rings. The zero-order valence-electron chi connectivity index (χ0n) is 17.9. The minimum absolute atomic E-state index is 0.129. The molecule has 8 nitrogen and oxygen atoms in total. The van der Waals surface area contributed by atoms with Crippen LogP contribution in [0.4, 0.5) is 0 Å². The number of aliphatic carboxylic acids is 1. The molecule has 0 radical (unpaired) electrons. The van der Waals surface area contributed by atoms with Gasteiger partial charge in [-0.25, -0.2) is 0 Å². The Labute approximate surface area is 179 Å². The van der Waals surface area contributed by atoms with Crippen molar-refractivity contribution in [3.8, 4) is 11.8 Å². The molecule has 1 unspecified atom stereocenters. The predicted molar refractivity (Wildman–Crippen MR) is 112 cm³/mol. The molecule has 162 valence electrons. The number of carboxylic acid groups (broad SMARTS) is 1. The number of aromatic amines is 1. The smallest absolute Gasteiger partial charge is 0.306 e. The van der Waals surface area contributed by atoms with Gasteiger partial charge in [0.25, 0.3) is 0 Å². The second kappa shape index (κ2) is 8.08. The molecule has 0 saturated carbocycles. The number of nitriles is 1. The van der Waals surface area contributed by atoms with Crippen LogP contribution in [0.1, 0.15) is 60.0 Å². The van der Waals surface area contributed by atoms with Crippen molar-refractivity contribution < 1.29 is 23.9 Å². The van der Waals surface area contributed by atoms with E-state index in [1.165, 1.54) is 0 Å². The molecule has 4 rings (SSSR count). The van der Waals surface area contributed by atoms with Crippen LogP contribution in [0.5, 0.6) is 5.75 Å². The lowest BCUT2D eigenvalue weighted by Gasteiger charge is -2.36. The molecule has 31 heavy (non-hydrogen) atoms. The van der Waals surface area contributed by atoms with Crippen molar-refractivity contribution in [1.82, 2.24) is 10.1 Å². The molecular weight excluding hydrogens is 398 g/mol. The van der Waals surface area contributed by atoms with Gasteiger partial charge >= 0.3 is 5.97 Å². The number of aryl methyl sites for hydroxylation is 2. The van der Waals surface area contributed by atoms with Gasteiger partial charge in [-0.2, -0.15) is 5.26 Å². The number of rotatable bonds is 7. The summed E-state index contributed by atoms with van der Waals surface area (Å²) in [5.74, 6) is 0.360. The Bertz CT molecular complexity index is 1190. The normalized spacial score (nSPS) is 18.0. The lowest BCUT2D eigenvalue weighted by Crippen LogP contribution is -2.37. The molecule has 3 aromatic rings. The topological polar surface area (TPSA) is 121 Å². The molecular formula is C23H25N3O5. The highest BCUT2D eigenvalue weighted by Gasteiger charge is 2.42. The maximum Gasteiger partial charge on any atom is 0.306 e. The van der Waals surface area contributed by atoms with E-state index >= 15 is 0 Å². The molecule has 8 heteroatoms. The standard InChI is InChI=1S/C23H25N3O5/c1-4-6-23(10-19(27)28)22-17(5-7-30-23)20-15(11-24)9-18(14(3)21(20)25-22)29-12-16-8-13(2)31-26-16/h8-9,25H,4-7,10,12H2,1-3H3,(H,27,28). The summed E-state index contributed by atoms with van der Waals surface area (Å²) in [6.07, 6.45) is 1.84. The molecule has 1 aromatic carbocycles. The molecule has 0 aliphatic carbocycles. The predicted octanol–water partition coefficient (Wildman–Crippen LogP) is 4.27. The van der Waals surface area contributed by atoms with Crippen LogP contribution in [0.3, 0.4) is 0 Å².